The molecule has 2 aromatic heterocycles. The van der Waals surface area contributed by atoms with Crippen molar-refractivity contribution in [3.05, 3.63) is 47.3 Å². The van der Waals surface area contributed by atoms with Crippen LogP contribution in [0.15, 0.2) is 47.3 Å². The van der Waals surface area contributed by atoms with Gasteiger partial charge in [-0.05, 0) is 46.3 Å². The summed E-state index contributed by atoms with van der Waals surface area (Å²) in [6.45, 7) is 4.00. The number of aromatic nitrogens is 3. The molecule has 3 rings (SSSR count). The zero-order valence-corrected chi connectivity index (χ0v) is 12.4. The number of rotatable bonds is 1. The van der Waals surface area contributed by atoms with Crippen LogP contribution < -0.4 is 5.73 Å². The molecule has 2 heterocycles. The van der Waals surface area contributed by atoms with Crippen molar-refractivity contribution in [1.82, 2.24) is 14.5 Å². The van der Waals surface area contributed by atoms with Gasteiger partial charge >= 0.3 is 0 Å². The number of fused-ring (bicyclic) bond motifs is 1. The Morgan fingerprint density at radius 2 is 1.79 bits per heavy atom. The van der Waals surface area contributed by atoms with Crippen LogP contribution in [0.1, 0.15) is 13.8 Å². The third-order valence-corrected chi connectivity index (χ3v) is 2.96. The summed E-state index contributed by atoms with van der Waals surface area (Å²) in [5.41, 5.74) is 9.10. The van der Waals surface area contributed by atoms with E-state index >= 15 is 0 Å². The van der Waals surface area contributed by atoms with Gasteiger partial charge in [-0.1, -0.05) is 13.8 Å². The second-order valence-corrected chi connectivity index (χ2v) is 4.62. The van der Waals surface area contributed by atoms with Gasteiger partial charge in [0.25, 0.3) is 0 Å². The molecular formula is C14H15BrN4. The van der Waals surface area contributed by atoms with Crippen LogP contribution in [0, 0.1) is 0 Å². The van der Waals surface area contributed by atoms with Gasteiger partial charge in [-0.2, -0.15) is 0 Å². The van der Waals surface area contributed by atoms with Gasteiger partial charge < -0.3 is 5.73 Å². The molecule has 0 saturated heterocycles. The maximum atomic E-state index is 5.67. The molecule has 4 nitrogen and oxygen atoms in total. The summed E-state index contributed by atoms with van der Waals surface area (Å²) in [6.07, 6.45) is 3.52. The van der Waals surface area contributed by atoms with Crippen LogP contribution >= 0.6 is 15.9 Å². The molecule has 1 aromatic carbocycles. The van der Waals surface area contributed by atoms with E-state index in [1.807, 2.05) is 48.7 Å². The molecule has 0 amide bonds. The average molecular weight is 319 g/mol. The second-order valence-electron chi connectivity index (χ2n) is 3.70. The lowest BCUT2D eigenvalue weighted by Crippen LogP contribution is -1.94. The maximum absolute atomic E-state index is 5.67. The van der Waals surface area contributed by atoms with Crippen molar-refractivity contribution >= 4 is 32.8 Å². The Balaban J connectivity index is 0.000000637. The molecule has 0 atom stereocenters. The van der Waals surface area contributed by atoms with Gasteiger partial charge in [0.15, 0.2) is 5.65 Å². The number of nitrogens with zero attached hydrogens (tertiary/aromatic N) is 3. The monoisotopic (exact) mass is 318 g/mol. The first kappa shape index (κ1) is 13.5. The second kappa shape index (κ2) is 5.84. The zero-order valence-electron chi connectivity index (χ0n) is 10.8. The fourth-order valence-corrected chi connectivity index (χ4v) is 2.02. The Bertz CT molecular complexity index is 673. The number of imidazole rings is 1. The number of hydrogen-bond acceptors (Lipinski definition) is 3. The fraction of sp³-hybridized carbons (Fsp3) is 0.143. The minimum atomic E-state index is 0.744. The van der Waals surface area contributed by atoms with Gasteiger partial charge in [-0.15, -0.1) is 0 Å². The highest BCUT2D eigenvalue weighted by atomic mass is 79.9. The number of nitrogens with two attached hydrogens (primary N) is 1. The Morgan fingerprint density at radius 1 is 1.11 bits per heavy atom. The van der Waals surface area contributed by atoms with Crippen molar-refractivity contribution < 1.29 is 0 Å². The first-order valence-corrected chi connectivity index (χ1v) is 6.88. The number of nitrogen functional groups attached to an aromatic ring is 1. The zero-order chi connectivity index (χ0) is 13.8. The Hall–Kier alpha value is -1.88. The SMILES string of the molecule is CC.Nc1ccc(-n2cnc3cc(Br)cnc32)cc1. The number of hydrogen-bond donors (Lipinski definition) is 1. The van der Waals surface area contributed by atoms with E-state index in [0.29, 0.717) is 0 Å². The van der Waals surface area contributed by atoms with E-state index in [1.54, 1.807) is 12.5 Å². The van der Waals surface area contributed by atoms with Gasteiger partial charge in [0.05, 0.1) is 0 Å². The molecule has 0 unspecified atom stereocenters. The van der Waals surface area contributed by atoms with Gasteiger partial charge in [0.1, 0.15) is 11.8 Å². The summed E-state index contributed by atoms with van der Waals surface area (Å²) in [4.78, 5) is 8.68. The molecular weight excluding hydrogens is 304 g/mol. The Kier molecular flexibility index (Phi) is 4.16. The maximum Gasteiger partial charge on any atom is 0.164 e. The average Bonchev–Trinajstić information content (AvgIpc) is 2.85. The topological polar surface area (TPSA) is 56.7 Å². The molecule has 0 aliphatic heterocycles. The third kappa shape index (κ3) is 2.76. The third-order valence-electron chi connectivity index (χ3n) is 2.53. The number of anilines is 1. The van der Waals surface area contributed by atoms with Crippen molar-refractivity contribution in [2.24, 2.45) is 0 Å². The van der Waals surface area contributed by atoms with Crippen LogP contribution in [0.5, 0.6) is 0 Å². The highest BCUT2D eigenvalue weighted by molar-refractivity contribution is 9.10. The lowest BCUT2D eigenvalue weighted by Gasteiger charge is -2.03. The largest absolute Gasteiger partial charge is 0.399 e. The minimum Gasteiger partial charge on any atom is -0.399 e. The van der Waals surface area contributed by atoms with Crippen molar-refractivity contribution in [2.45, 2.75) is 13.8 Å². The van der Waals surface area contributed by atoms with Crippen LogP contribution in [0.4, 0.5) is 5.69 Å². The normalized spacial score (nSPS) is 10.1. The summed E-state index contributed by atoms with van der Waals surface area (Å²) in [5.74, 6) is 0. The summed E-state index contributed by atoms with van der Waals surface area (Å²) in [7, 11) is 0. The fourth-order valence-electron chi connectivity index (χ4n) is 1.70. The lowest BCUT2D eigenvalue weighted by atomic mass is 10.3. The Labute approximate surface area is 120 Å². The van der Waals surface area contributed by atoms with Crippen LogP contribution in [0.3, 0.4) is 0 Å². The molecule has 0 radical (unpaired) electrons. The quantitative estimate of drug-likeness (QED) is 0.694. The number of halogens is 1. The van der Waals surface area contributed by atoms with Gasteiger partial charge in [-0.3, -0.25) is 4.57 Å². The van der Waals surface area contributed by atoms with E-state index < -0.39 is 0 Å². The number of pyridine rings is 1. The smallest absolute Gasteiger partial charge is 0.164 e. The summed E-state index contributed by atoms with van der Waals surface area (Å²) in [6, 6.07) is 9.55. The molecule has 0 bridgehead atoms. The van der Waals surface area contributed by atoms with Gasteiger partial charge in [0, 0.05) is 22.0 Å². The highest BCUT2D eigenvalue weighted by Gasteiger charge is 2.05. The first-order valence-electron chi connectivity index (χ1n) is 6.08. The molecule has 0 saturated carbocycles. The molecule has 3 aromatic rings. The van der Waals surface area contributed by atoms with E-state index in [9.17, 15) is 0 Å². The summed E-state index contributed by atoms with van der Waals surface area (Å²) in [5, 5.41) is 0. The van der Waals surface area contributed by atoms with Crippen LogP contribution in [-0.2, 0) is 0 Å². The van der Waals surface area contributed by atoms with Gasteiger partial charge in [0.2, 0.25) is 0 Å². The van der Waals surface area contributed by atoms with E-state index in [4.69, 9.17) is 5.73 Å². The molecule has 0 aliphatic rings. The predicted molar refractivity (Wildman–Crippen MR) is 82.3 cm³/mol. The van der Waals surface area contributed by atoms with Crippen molar-refractivity contribution in [1.29, 1.82) is 0 Å². The molecule has 0 fully saturated rings. The van der Waals surface area contributed by atoms with Crippen molar-refractivity contribution in [2.75, 3.05) is 5.73 Å². The molecule has 5 heteroatoms. The van der Waals surface area contributed by atoms with E-state index in [0.717, 1.165) is 27.0 Å². The van der Waals surface area contributed by atoms with Crippen molar-refractivity contribution in [3.63, 3.8) is 0 Å². The molecule has 0 aliphatic carbocycles. The standard InChI is InChI=1S/C12H9BrN4.C2H6/c13-8-5-11-12(15-6-8)17(7-16-11)10-3-1-9(14)2-4-10;1-2/h1-7H,14H2;1-2H3. The molecule has 2 N–H and O–H groups in total. The molecule has 0 spiro atoms. The van der Waals surface area contributed by atoms with Crippen LogP contribution in [-0.4, -0.2) is 14.5 Å². The predicted octanol–water partition coefficient (Wildman–Crippen LogP) is 3.79. The molecule has 19 heavy (non-hydrogen) atoms. The Morgan fingerprint density at radius 3 is 2.47 bits per heavy atom. The summed E-state index contributed by atoms with van der Waals surface area (Å²) >= 11 is 3.38. The van der Waals surface area contributed by atoms with Crippen LogP contribution in [0.25, 0.3) is 16.9 Å². The van der Waals surface area contributed by atoms with E-state index in [-0.39, 0.29) is 0 Å². The number of benzene rings is 1. The highest BCUT2D eigenvalue weighted by Crippen LogP contribution is 2.19. The van der Waals surface area contributed by atoms with Crippen molar-refractivity contribution in [3.8, 4) is 5.69 Å². The summed E-state index contributed by atoms with van der Waals surface area (Å²) < 4.78 is 2.86. The van der Waals surface area contributed by atoms with Gasteiger partial charge in [-0.25, -0.2) is 9.97 Å². The van der Waals surface area contributed by atoms with E-state index in [2.05, 4.69) is 25.9 Å². The van der Waals surface area contributed by atoms with Crippen LogP contribution in [0.2, 0.25) is 0 Å². The molecule has 98 valence electrons. The first-order chi connectivity index (χ1) is 9.24. The van der Waals surface area contributed by atoms with E-state index in [1.165, 1.54) is 0 Å². The lowest BCUT2D eigenvalue weighted by molar-refractivity contribution is 1.07. The minimum absolute atomic E-state index is 0.744.